The van der Waals surface area contributed by atoms with Gasteiger partial charge in [0.2, 0.25) is 11.8 Å². The quantitative estimate of drug-likeness (QED) is 0.523. The maximum Gasteiger partial charge on any atom is 0.292 e. The molecular weight excluding hydrogens is 252 g/mol. The molecule has 1 heterocycles. The molecule has 0 bridgehead atoms. The number of nitrogens with one attached hydrogen (secondary N) is 2. The number of nitrogens with zero attached hydrogens (tertiary/aromatic N) is 1. The number of nitrogens with two attached hydrogens (primary N) is 1. The van der Waals surface area contributed by atoms with Gasteiger partial charge in [-0.2, -0.15) is 0 Å². The predicted octanol–water partition coefficient (Wildman–Crippen LogP) is 0.377. The lowest BCUT2D eigenvalue weighted by molar-refractivity contribution is -0.384. The van der Waals surface area contributed by atoms with Crippen LogP contribution in [0.25, 0.3) is 0 Å². The lowest BCUT2D eigenvalue weighted by Gasteiger charge is -2.08. The molecule has 0 saturated carbocycles. The van der Waals surface area contributed by atoms with Crippen molar-refractivity contribution in [3.05, 3.63) is 27.8 Å². The van der Waals surface area contributed by atoms with Gasteiger partial charge in [-0.1, -0.05) is 0 Å². The van der Waals surface area contributed by atoms with Crippen LogP contribution in [-0.4, -0.2) is 23.3 Å². The highest BCUT2D eigenvalue weighted by molar-refractivity contribution is 6.00. The zero-order valence-electron chi connectivity index (χ0n) is 9.93. The van der Waals surface area contributed by atoms with E-state index in [9.17, 15) is 19.7 Å². The second-order valence-corrected chi connectivity index (χ2v) is 4.15. The maximum atomic E-state index is 11.2. The molecule has 2 rings (SSSR count). The normalized spacial score (nSPS) is 12.7. The summed E-state index contributed by atoms with van der Waals surface area (Å²) >= 11 is 0. The van der Waals surface area contributed by atoms with Crippen molar-refractivity contribution in [2.45, 2.75) is 12.8 Å². The molecule has 1 aliphatic heterocycles. The van der Waals surface area contributed by atoms with E-state index in [1.807, 2.05) is 0 Å². The van der Waals surface area contributed by atoms with Gasteiger partial charge in [0.15, 0.2) is 0 Å². The molecule has 100 valence electrons. The summed E-state index contributed by atoms with van der Waals surface area (Å²) in [5.41, 5.74) is 6.27. The molecule has 4 N–H and O–H groups in total. The zero-order chi connectivity index (χ0) is 14.0. The molecular formula is C11H12N4O4. The fourth-order valence-corrected chi connectivity index (χ4v) is 1.87. The number of hydrogen-bond donors (Lipinski definition) is 3. The number of carbonyl (C=O) groups excluding carboxylic acids is 2. The van der Waals surface area contributed by atoms with Crippen molar-refractivity contribution in [1.82, 2.24) is 0 Å². The molecule has 8 nitrogen and oxygen atoms in total. The van der Waals surface area contributed by atoms with Gasteiger partial charge in [0.25, 0.3) is 5.69 Å². The van der Waals surface area contributed by atoms with E-state index in [2.05, 4.69) is 10.6 Å². The summed E-state index contributed by atoms with van der Waals surface area (Å²) < 4.78 is 0. The highest BCUT2D eigenvalue weighted by atomic mass is 16.6. The van der Waals surface area contributed by atoms with Gasteiger partial charge < -0.3 is 16.4 Å². The number of nitro benzene ring substituents is 1. The molecule has 0 radical (unpaired) electrons. The number of carbonyl (C=O) groups is 2. The third kappa shape index (κ3) is 2.79. The van der Waals surface area contributed by atoms with Crippen LogP contribution in [0.1, 0.15) is 12.0 Å². The number of nitro groups is 1. The van der Waals surface area contributed by atoms with E-state index in [0.717, 1.165) is 0 Å². The molecule has 1 aromatic carbocycles. The summed E-state index contributed by atoms with van der Waals surface area (Å²) in [6.45, 7) is 0.197. The van der Waals surface area contributed by atoms with Crippen molar-refractivity contribution in [2.24, 2.45) is 5.73 Å². The van der Waals surface area contributed by atoms with Gasteiger partial charge in [-0.05, 0) is 11.6 Å². The Hall–Kier alpha value is -2.64. The smallest absolute Gasteiger partial charge is 0.292 e. The topological polar surface area (TPSA) is 127 Å². The molecule has 0 aromatic heterocycles. The van der Waals surface area contributed by atoms with Crippen LogP contribution in [0.4, 0.5) is 17.1 Å². The molecule has 8 heteroatoms. The Balaban J connectivity index is 2.26. The van der Waals surface area contributed by atoms with Gasteiger partial charge in [-0.15, -0.1) is 0 Å². The van der Waals surface area contributed by atoms with Crippen molar-refractivity contribution >= 4 is 28.9 Å². The Morgan fingerprint density at radius 1 is 1.53 bits per heavy atom. The van der Waals surface area contributed by atoms with Crippen LogP contribution >= 0.6 is 0 Å². The number of primary amides is 1. The first-order valence-corrected chi connectivity index (χ1v) is 5.60. The summed E-state index contributed by atoms with van der Waals surface area (Å²) in [5.74, 6) is -0.691. The van der Waals surface area contributed by atoms with E-state index in [0.29, 0.717) is 11.3 Å². The first kappa shape index (κ1) is 12.8. The summed E-state index contributed by atoms with van der Waals surface area (Å²) in [7, 11) is 0. The minimum Gasteiger partial charge on any atom is -0.379 e. The number of anilines is 2. The highest BCUT2D eigenvalue weighted by Crippen LogP contribution is 2.34. The van der Waals surface area contributed by atoms with Crippen molar-refractivity contribution in [1.29, 1.82) is 0 Å². The third-order valence-electron chi connectivity index (χ3n) is 2.73. The van der Waals surface area contributed by atoms with E-state index >= 15 is 0 Å². The van der Waals surface area contributed by atoms with Crippen LogP contribution in [0.5, 0.6) is 0 Å². The second kappa shape index (κ2) is 4.92. The Morgan fingerprint density at radius 3 is 2.89 bits per heavy atom. The van der Waals surface area contributed by atoms with Crippen molar-refractivity contribution < 1.29 is 14.5 Å². The van der Waals surface area contributed by atoms with Crippen LogP contribution in [0, 0.1) is 10.1 Å². The first-order chi connectivity index (χ1) is 8.97. The van der Waals surface area contributed by atoms with Gasteiger partial charge >= 0.3 is 0 Å². The maximum absolute atomic E-state index is 11.2. The fraction of sp³-hybridized carbons (Fsp3) is 0.273. The summed E-state index contributed by atoms with van der Waals surface area (Å²) in [5, 5.41) is 16.4. The number of fused-ring (bicyclic) bond motifs is 1. The van der Waals surface area contributed by atoms with Crippen LogP contribution in [0.2, 0.25) is 0 Å². The molecule has 1 aromatic rings. The number of benzene rings is 1. The molecule has 0 unspecified atom stereocenters. The molecule has 0 atom stereocenters. The lowest BCUT2D eigenvalue weighted by atomic mass is 10.1. The summed E-state index contributed by atoms with van der Waals surface area (Å²) in [6.07, 6.45) is 0.207. The minimum absolute atomic E-state index is 0.0700. The Morgan fingerprint density at radius 2 is 2.26 bits per heavy atom. The molecule has 2 amide bonds. The third-order valence-corrected chi connectivity index (χ3v) is 2.73. The van der Waals surface area contributed by atoms with Crippen LogP contribution < -0.4 is 16.4 Å². The van der Waals surface area contributed by atoms with E-state index in [1.54, 1.807) is 0 Å². The van der Waals surface area contributed by atoms with Gasteiger partial charge in [0.1, 0.15) is 5.69 Å². The average molecular weight is 264 g/mol. The zero-order valence-corrected chi connectivity index (χ0v) is 9.93. The van der Waals surface area contributed by atoms with Crippen molar-refractivity contribution in [3.63, 3.8) is 0 Å². The Kier molecular flexibility index (Phi) is 3.32. The van der Waals surface area contributed by atoms with Crippen LogP contribution in [-0.2, 0) is 16.0 Å². The predicted molar refractivity (Wildman–Crippen MR) is 67.7 cm³/mol. The summed E-state index contributed by atoms with van der Waals surface area (Å²) in [4.78, 5) is 32.3. The second-order valence-electron chi connectivity index (χ2n) is 4.15. The number of rotatable bonds is 5. The Labute approximate surface area is 108 Å². The van der Waals surface area contributed by atoms with Gasteiger partial charge in [0, 0.05) is 24.7 Å². The van der Waals surface area contributed by atoms with Gasteiger partial charge in [0.05, 0.1) is 11.3 Å². The van der Waals surface area contributed by atoms with Gasteiger partial charge in [-0.3, -0.25) is 19.7 Å². The molecule has 0 spiro atoms. The number of hydrogen-bond acceptors (Lipinski definition) is 5. The molecule has 1 aliphatic rings. The molecule has 0 saturated heterocycles. The van der Waals surface area contributed by atoms with E-state index in [-0.39, 0.29) is 36.7 Å². The highest BCUT2D eigenvalue weighted by Gasteiger charge is 2.24. The largest absolute Gasteiger partial charge is 0.379 e. The SMILES string of the molecule is NC(=O)CCNc1cc2c(cc1[N+](=O)[O-])CC(=O)N2. The molecule has 19 heavy (non-hydrogen) atoms. The molecule has 0 fully saturated rings. The first-order valence-electron chi connectivity index (χ1n) is 5.60. The summed E-state index contributed by atoms with van der Waals surface area (Å²) in [6, 6.07) is 2.86. The van der Waals surface area contributed by atoms with E-state index in [1.165, 1.54) is 12.1 Å². The van der Waals surface area contributed by atoms with E-state index in [4.69, 9.17) is 5.73 Å². The monoisotopic (exact) mass is 264 g/mol. The number of amides is 2. The van der Waals surface area contributed by atoms with Crippen molar-refractivity contribution in [2.75, 3.05) is 17.2 Å². The average Bonchev–Trinajstić information content (AvgIpc) is 2.66. The fourth-order valence-electron chi connectivity index (χ4n) is 1.87. The van der Waals surface area contributed by atoms with Crippen LogP contribution in [0.15, 0.2) is 12.1 Å². The van der Waals surface area contributed by atoms with Gasteiger partial charge in [-0.25, -0.2) is 0 Å². The van der Waals surface area contributed by atoms with E-state index < -0.39 is 10.8 Å². The standard InChI is InChI=1S/C11H12N4O4/c12-10(16)1-2-13-8-5-7-6(4-11(17)14-7)3-9(8)15(18)19/h3,5,13H,1-2,4H2,(H2,12,16)(H,14,17). The minimum atomic E-state index is -0.532. The van der Waals surface area contributed by atoms with Crippen molar-refractivity contribution in [3.8, 4) is 0 Å². The Bertz CT molecular complexity index is 570. The lowest BCUT2D eigenvalue weighted by Crippen LogP contribution is -2.16. The van der Waals surface area contributed by atoms with Crippen LogP contribution in [0.3, 0.4) is 0 Å². The molecule has 0 aliphatic carbocycles.